The molecule has 6 rings (SSSR count). The maximum atomic E-state index is 13.7. The highest BCUT2D eigenvalue weighted by atomic mass is 16.7. The Hall–Kier alpha value is -3.26. The van der Waals surface area contributed by atoms with Crippen molar-refractivity contribution in [2.45, 2.75) is 25.3 Å². The van der Waals surface area contributed by atoms with Crippen LogP contribution in [0, 0.1) is 11.3 Å². The molecule has 0 spiro atoms. The van der Waals surface area contributed by atoms with Gasteiger partial charge in [-0.3, -0.25) is 9.89 Å². The number of H-pyrrole nitrogens is 1. The molecule has 3 unspecified atom stereocenters. The molecular weight excluding hydrogens is 356 g/mol. The number of amides is 1. The second-order valence-electron chi connectivity index (χ2n) is 7.69. The van der Waals surface area contributed by atoms with Crippen LogP contribution in [0.15, 0.2) is 54.4 Å². The van der Waals surface area contributed by atoms with Crippen molar-refractivity contribution in [2.24, 2.45) is 11.3 Å². The lowest BCUT2D eigenvalue weighted by Crippen LogP contribution is -2.45. The van der Waals surface area contributed by atoms with Crippen molar-refractivity contribution < 1.29 is 9.63 Å². The molecule has 2 aromatic heterocycles. The summed E-state index contributed by atoms with van der Waals surface area (Å²) in [5.74, 6) is 0.943. The Balaban J connectivity index is 1.43. The molecule has 8 heteroatoms. The topological polar surface area (TPSA) is 105 Å². The number of hydrogen-bond acceptors (Lipinski definition) is 6. The third-order valence-corrected chi connectivity index (χ3v) is 6.35. The lowest BCUT2D eigenvalue weighted by molar-refractivity contribution is -0.127. The zero-order valence-electron chi connectivity index (χ0n) is 15.0. The van der Waals surface area contributed by atoms with Gasteiger partial charge in [0.1, 0.15) is 17.5 Å². The fraction of sp³-hybridized carbons (Fsp3) is 0.300. The van der Waals surface area contributed by atoms with Crippen LogP contribution in [-0.2, 0) is 9.63 Å². The van der Waals surface area contributed by atoms with E-state index in [1.165, 1.54) is 11.9 Å². The summed E-state index contributed by atoms with van der Waals surface area (Å²) in [7, 11) is 0. The van der Waals surface area contributed by atoms with Crippen molar-refractivity contribution in [1.29, 1.82) is 0 Å². The van der Waals surface area contributed by atoms with Gasteiger partial charge in [-0.25, -0.2) is 9.97 Å². The first-order valence-electron chi connectivity index (χ1n) is 9.41. The fourth-order valence-corrected chi connectivity index (χ4v) is 5.12. The van der Waals surface area contributed by atoms with Crippen LogP contribution in [0.1, 0.15) is 30.9 Å². The zero-order valence-corrected chi connectivity index (χ0v) is 15.0. The number of carbonyl (C=O) groups is 1. The molecule has 2 aliphatic carbocycles. The second kappa shape index (κ2) is 5.62. The molecule has 1 aliphatic heterocycles. The number of hydroxylamine groups is 1. The predicted molar refractivity (Wildman–Crippen MR) is 101 cm³/mol. The molecule has 1 saturated carbocycles. The summed E-state index contributed by atoms with van der Waals surface area (Å²) >= 11 is 0. The van der Waals surface area contributed by atoms with Gasteiger partial charge >= 0.3 is 0 Å². The Kier molecular flexibility index (Phi) is 3.16. The van der Waals surface area contributed by atoms with Gasteiger partial charge in [0.25, 0.3) is 0 Å². The van der Waals surface area contributed by atoms with Gasteiger partial charge in [-0.05, 0) is 49.0 Å². The number of rotatable bonds is 3. The minimum Gasteiger partial charge on any atom is -0.411 e. The Morgan fingerprint density at radius 1 is 1.25 bits per heavy atom. The highest BCUT2D eigenvalue weighted by Gasteiger charge is 2.66. The summed E-state index contributed by atoms with van der Waals surface area (Å²) in [5.41, 5.74) is 6.10. The highest BCUT2D eigenvalue weighted by molar-refractivity contribution is 6.00. The van der Waals surface area contributed by atoms with Crippen molar-refractivity contribution in [2.75, 3.05) is 5.32 Å². The minimum atomic E-state index is -0.774. The lowest BCUT2D eigenvalue weighted by Gasteiger charge is -2.35. The van der Waals surface area contributed by atoms with Gasteiger partial charge in [-0.1, -0.05) is 0 Å². The molecule has 8 nitrogen and oxygen atoms in total. The summed E-state index contributed by atoms with van der Waals surface area (Å²) in [6.45, 7) is 0. The molecule has 3 aromatic rings. The van der Waals surface area contributed by atoms with Gasteiger partial charge in [0.15, 0.2) is 0 Å². The van der Waals surface area contributed by atoms with Crippen LogP contribution in [0.5, 0.6) is 0 Å². The molecule has 1 aromatic carbocycles. The van der Waals surface area contributed by atoms with Crippen molar-refractivity contribution in [1.82, 2.24) is 25.6 Å². The molecule has 2 fully saturated rings. The highest BCUT2D eigenvalue weighted by Crippen LogP contribution is 2.64. The summed E-state index contributed by atoms with van der Waals surface area (Å²) in [5, 5.41) is 11.1. The number of nitrogens with zero attached hydrogens (tertiary/aromatic N) is 3. The number of carbonyl (C=O) groups excluding carboxylic acids is 1. The molecule has 3 atom stereocenters. The Morgan fingerprint density at radius 3 is 3.04 bits per heavy atom. The molecule has 28 heavy (non-hydrogen) atoms. The number of allylic oxidation sites excluding steroid dienone is 1. The molecule has 0 radical (unpaired) electrons. The Bertz CT molecular complexity index is 1120. The molecule has 2 bridgehead atoms. The molecule has 140 valence electrons. The van der Waals surface area contributed by atoms with Crippen LogP contribution in [0.25, 0.3) is 10.9 Å². The second-order valence-corrected chi connectivity index (χ2v) is 7.69. The normalized spacial score (nSPS) is 27.9. The molecule has 1 amide bonds. The number of anilines is 1. The van der Waals surface area contributed by atoms with E-state index in [2.05, 4.69) is 31.0 Å². The van der Waals surface area contributed by atoms with Crippen molar-refractivity contribution in [3.63, 3.8) is 0 Å². The molecular formula is C20H18N6O2. The van der Waals surface area contributed by atoms with E-state index in [0.29, 0.717) is 0 Å². The zero-order chi connectivity index (χ0) is 18.7. The van der Waals surface area contributed by atoms with E-state index in [-0.39, 0.29) is 17.9 Å². The van der Waals surface area contributed by atoms with E-state index in [0.717, 1.165) is 47.2 Å². The third-order valence-electron chi connectivity index (χ3n) is 6.35. The van der Waals surface area contributed by atoms with Crippen molar-refractivity contribution >= 4 is 22.5 Å². The van der Waals surface area contributed by atoms with Gasteiger partial charge in [-0.15, -0.1) is 5.48 Å². The van der Waals surface area contributed by atoms with Gasteiger partial charge in [0.2, 0.25) is 5.91 Å². The summed E-state index contributed by atoms with van der Waals surface area (Å²) in [4.78, 5) is 27.9. The van der Waals surface area contributed by atoms with E-state index < -0.39 is 5.41 Å². The van der Waals surface area contributed by atoms with Crippen LogP contribution < -0.4 is 10.8 Å². The monoisotopic (exact) mass is 374 g/mol. The smallest absolute Gasteiger partial charge is 0.240 e. The van der Waals surface area contributed by atoms with Gasteiger partial charge in [-0.2, -0.15) is 5.10 Å². The van der Waals surface area contributed by atoms with E-state index in [1.54, 1.807) is 18.6 Å². The summed E-state index contributed by atoms with van der Waals surface area (Å²) < 4.78 is 0. The van der Waals surface area contributed by atoms with Crippen LogP contribution in [0.4, 0.5) is 5.69 Å². The molecule has 3 heterocycles. The van der Waals surface area contributed by atoms with Gasteiger partial charge < -0.3 is 10.2 Å². The first kappa shape index (κ1) is 15.8. The van der Waals surface area contributed by atoms with E-state index in [1.807, 2.05) is 18.2 Å². The molecule has 3 aliphatic rings. The first-order valence-corrected chi connectivity index (χ1v) is 9.41. The predicted octanol–water partition coefficient (Wildman–Crippen LogP) is 2.62. The maximum absolute atomic E-state index is 13.7. The van der Waals surface area contributed by atoms with E-state index >= 15 is 0 Å². The Morgan fingerprint density at radius 2 is 2.14 bits per heavy atom. The third kappa shape index (κ3) is 1.98. The molecule has 3 N–H and O–H groups in total. The van der Waals surface area contributed by atoms with Gasteiger partial charge in [0, 0.05) is 29.0 Å². The fourth-order valence-electron chi connectivity index (χ4n) is 5.12. The number of fused-ring (bicyclic) bond motifs is 5. The first-order chi connectivity index (χ1) is 13.8. The number of nitrogens with one attached hydrogen (secondary N) is 3. The van der Waals surface area contributed by atoms with Crippen LogP contribution in [0.3, 0.4) is 0 Å². The average Bonchev–Trinajstić information content (AvgIpc) is 3.48. The maximum Gasteiger partial charge on any atom is 0.240 e. The standard InChI is InChI=1S/C20H18N6O2/c27-19(24-15-3-4-16-12(6-15)9-23-25-16)20-14-2-1-11(5-14)18(20)28-26-17(20)13-7-21-10-22-8-13/h3-4,6-10,14,17,26H,1-2,5H2,(H,23,25)(H,24,27). The lowest BCUT2D eigenvalue weighted by atomic mass is 9.67. The summed E-state index contributed by atoms with van der Waals surface area (Å²) in [6.07, 6.45) is 9.64. The van der Waals surface area contributed by atoms with Gasteiger partial charge in [0.05, 0.1) is 17.8 Å². The molecule has 1 saturated heterocycles. The number of benzene rings is 1. The quantitative estimate of drug-likeness (QED) is 0.651. The van der Waals surface area contributed by atoms with Crippen LogP contribution in [0.2, 0.25) is 0 Å². The Labute approximate surface area is 160 Å². The van der Waals surface area contributed by atoms with Crippen molar-refractivity contribution in [3.8, 4) is 0 Å². The number of hydrogen-bond donors (Lipinski definition) is 3. The van der Waals surface area contributed by atoms with Crippen molar-refractivity contribution in [3.05, 3.63) is 60.0 Å². The van der Waals surface area contributed by atoms with E-state index in [4.69, 9.17) is 4.84 Å². The summed E-state index contributed by atoms with van der Waals surface area (Å²) in [6, 6.07) is 5.42. The largest absolute Gasteiger partial charge is 0.411 e. The van der Waals surface area contributed by atoms with Crippen LogP contribution in [-0.4, -0.2) is 26.1 Å². The number of aromatic nitrogens is 4. The van der Waals surface area contributed by atoms with Crippen LogP contribution >= 0.6 is 0 Å². The minimum absolute atomic E-state index is 0.0519. The SMILES string of the molecule is O=C(Nc1ccc2[nH]ncc2c1)C12C(=C3CCC1C3)ONC2c1cncnc1. The number of aromatic amines is 1. The van der Waals surface area contributed by atoms with E-state index in [9.17, 15) is 4.79 Å². The average molecular weight is 374 g/mol.